The van der Waals surface area contributed by atoms with Crippen LogP contribution in [0, 0.1) is 0 Å². The van der Waals surface area contributed by atoms with Crippen LogP contribution in [0.5, 0.6) is 0 Å². The number of nitrogens with one attached hydrogen (secondary N) is 2. The van der Waals surface area contributed by atoms with E-state index < -0.39 is 62.2 Å². The van der Waals surface area contributed by atoms with E-state index in [-0.39, 0.29) is 25.7 Å². The molecule has 0 aromatic rings. The van der Waals surface area contributed by atoms with E-state index in [1.807, 2.05) is 0 Å². The molecule has 6 nitrogen and oxygen atoms in total. The van der Waals surface area contributed by atoms with Crippen LogP contribution in [0.3, 0.4) is 0 Å². The summed E-state index contributed by atoms with van der Waals surface area (Å²) in [6.45, 7) is -0.787. The van der Waals surface area contributed by atoms with Crippen molar-refractivity contribution >= 4 is 12.2 Å². The van der Waals surface area contributed by atoms with E-state index in [1.165, 1.54) is 0 Å². The third-order valence-electron chi connectivity index (χ3n) is 3.28. The van der Waals surface area contributed by atoms with Gasteiger partial charge in [-0.3, -0.25) is 0 Å². The molecule has 0 bridgehead atoms. The van der Waals surface area contributed by atoms with Crippen LogP contribution in [0.1, 0.15) is 25.7 Å². The highest BCUT2D eigenvalue weighted by Crippen LogP contribution is 2.36. The van der Waals surface area contributed by atoms with E-state index in [1.54, 1.807) is 10.6 Å². The Hall–Kier alpha value is -2.30. The van der Waals surface area contributed by atoms with E-state index in [0.717, 1.165) is 0 Å². The van der Waals surface area contributed by atoms with Gasteiger partial charge >= 0.3 is 36.9 Å². The second-order valence-electron chi connectivity index (χ2n) is 6.00. The topological polar surface area (TPSA) is 76.7 Å². The van der Waals surface area contributed by atoms with Gasteiger partial charge in [-0.1, -0.05) is 12.8 Å². The molecular formula is C14H16F12N2O4. The first kappa shape index (κ1) is 29.7. The fourth-order valence-corrected chi connectivity index (χ4v) is 1.92. The van der Waals surface area contributed by atoms with Gasteiger partial charge in [0.15, 0.2) is 0 Å². The van der Waals surface area contributed by atoms with Gasteiger partial charge in [0, 0.05) is 13.1 Å². The van der Waals surface area contributed by atoms with Crippen molar-refractivity contribution in [1.82, 2.24) is 10.6 Å². The molecule has 0 aromatic carbocycles. The first-order valence-corrected chi connectivity index (χ1v) is 8.42. The average molecular weight is 504 g/mol. The van der Waals surface area contributed by atoms with Gasteiger partial charge in [-0.25, -0.2) is 9.59 Å². The van der Waals surface area contributed by atoms with Crippen molar-refractivity contribution in [2.24, 2.45) is 0 Å². The van der Waals surface area contributed by atoms with E-state index in [0.29, 0.717) is 0 Å². The van der Waals surface area contributed by atoms with Gasteiger partial charge in [0.05, 0.1) is 0 Å². The molecule has 0 heterocycles. The van der Waals surface area contributed by atoms with Crippen molar-refractivity contribution in [3.05, 3.63) is 0 Å². The van der Waals surface area contributed by atoms with Gasteiger partial charge in [-0.15, -0.1) is 0 Å². The Kier molecular flexibility index (Phi) is 10.7. The van der Waals surface area contributed by atoms with Crippen LogP contribution in [0.25, 0.3) is 0 Å². The second kappa shape index (κ2) is 11.5. The number of amides is 2. The molecule has 0 rings (SSSR count). The number of alkyl carbamates (subject to hydrolysis) is 2. The molecule has 2 N–H and O–H groups in total. The number of carbonyl (C=O) groups is 2. The summed E-state index contributed by atoms with van der Waals surface area (Å²) < 4.78 is 153. The highest BCUT2D eigenvalue weighted by molar-refractivity contribution is 5.67. The second-order valence-corrected chi connectivity index (χ2v) is 6.00. The normalized spacial score (nSPS) is 13.3. The Labute approximate surface area is 171 Å². The Bertz CT molecular complexity index is 520. The van der Waals surface area contributed by atoms with Gasteiger partial charge in [-0.05, 0) is 12.8 Å². The highest BCUT2D eigenvalue weighted by Gasteiger charge is 2.60. The molecule has 0 aliphatic heterocycles. The minimum Gasteiger partial charge on any atom is -0.427 e. The number of halogens is 12. The quantitative estimate of drug-likeness (QED) is 0.343. The van der Waals surface area contributed by atoms with Crippen LogP contribution in [0.15, 0.2) is 0 Å². The number of unbranched alkanes of at least 4 members (excludes halogenated alkanes) is 3. The van der Waals surface area contributed by atoms with Gasteiger partial charge < -0.3 is 20.1 Å². The minimum absolute atomic E-state index is 0.0203. The molecule has 0 unspecified atom stereocenters. The number of carbonyl (C=O) groups excluding carboxylic acids is 2. The molecular weight excluding hydrogens is 488 g/mol. The van der Waals surface area contributed by atoms with Crippen LogP contribution < -0.4 is 10.6 Å². The zero-order valence-electron chi connectivity index (χ0n) is 15.6. The molecule has 0 fully saturated rings. The van der Waals surface area contributed by atoms with Crippen molar-refractivity contribution < 1.29 is 71.7 Å². The third kappa shape index (κ3) is 11.9. The van der Waals surface area contributed by atoms with E-state index in [4.69, 9.17) is 0 Å². The fraction of sp³-hybridized carbons (Fsp3) is 0.857. The molecule has 18 heteroatoms. The molecule has 0 saturated carbocycles. The molecule has 0 saturated heterocycles. The minimum atomic E-state index is -5.87. The molecule has 0 aromatic heterocycles. The molecule has 0 aliphatic rings. The molecule has 32 heavy (non-hydrogen) atoms. The van der Waals surface area contributed by atoms with E-state index >= 15 is 0 Å². The summed E-state index contributed by atoms with van der Waals surface area (Å²) >= 11 is 0. The summed E-state index contributed by atoms with van der Waals surface area (Å²) in [6.07, 6.45) is -35.7. The molecule has 0 atom stereocenters. The van der Waals surface area contributed by atoms with Crippen molar-refractivity contribution in [1.29, 1.82) is 0 Å². The molecule has 190 valence electrons. The monoisotopic (exact) mass is 504 g/mol. The molecule has 0 radical (unpaired) electrons. The number of hydrogen-bond donors (Lipinski definition) is 2. The van der Waals surface area contributed by atoms with E-state index in [9.17, 15) is 62.3 Å². The highest BCUT2D eigenvalue weighted by atomic mass is 19.4. The van der Waals surface area contributed by atoms with Gasteiger partial charge in [0.1, 0.15) is 0 Å². The summed E-state index contributed by atoms with van der Waals surface area (Å²) in [5.74, 6) is 0. The lowest BCUT2D eigenvalue weighted by atomic mass is 10.2. The largest absolute Gasteiger partial charge is 0.434 e. The number of hydrogen-bond acceptors (Lipinski definition) is 4. The van der Waals surface area contributed by atoms with Crippen LogP contribution in [-0.2, 0) is 9.47 Å². The fourth-order valence-electron chi connectivity index (χ4n) is 1.92. The first-order chi connectivity index (χ1) is 14.3. The standard InChI is InChI=1S/C14H16F12N2O4/c15-11(16,17)7(12(18,19)20)31-9(29)27-5-3-1-2-4-6-28-10(30)32-8(13(21,22)23)14(24,25)26/h7-8H,1-6H2,(H,27,29)(H,28,30). The van der Waals surface area contributed by atoms with Crippen LogP contribution in [0.4, 0.5) is 62.3 Å². The van der Waals surface area contributed by atoms with Crippen molar-refractivity contribution in [2.45, 2.75) is 62.6 Å². The Morgan fingerprint density at radius 1 is 0.531 bits per heavy atom. The summed E-state index contributed by atoms with van der Waals surface area (Å²) in [4.78, 5) is 22.1. The summed E-state index contributed by atoms with van der Waals surface area (Å²) in [6, 6.07) is 0. The predicted molar refractivity (Wildman–Crippen MR) is 79.2 cm³/mol. The van der Waals surface area contributed by atoms with Crippen molar-refractivity contribution in [3.63, 3.8) is 0 Å². The van der Waals surface area contributed by atoms with Gasteiger partial charge in [0.25, 0.3) is 12.2 Å². The number of rotatable bonds is 9. The number of alkyl halides is 12. The maximum absolute atomic E-state index is 12.2. The third-order valence-corrected chi connectivity index (χ3v) is 3.28. The van der Waals surface area contributed by atoms with Crippen molar-refractivity contribution in [3.8, 4) is 0 Å². The molecule has 2 amide bonds. The Balaban J connectivity index is 4.10. The summed E-state index contributed by atoms with van der Waals surface area (Å²) in [5.41, 5.74) is 0. The number of ether oxygens (including phenoxy) is 2. The molecule has 0 aliphatic carbocycles. The SMILES string of the molecule is O=C(NCCCCCCNC(=O)OC(C(F)(F)F)C(F)(F)F)OC(C(F)(F)F)C(F)(F)F. The first-order valence-electron chi connectivity index (χ1n) is 8.42. The summed E-state index contributed by atoms with van der Waals surface area (Å²) in [5, 5.41) is 3.30. The summed E-state index contributed by atoms with van der Waals surface area (Å²) in [7, 11) is 0. The lowest BCUT2D eigenvalue weighted by Crippen LogP contribution is -2.47. The van der Waals surface area contributed by atoms with Crippen molar-refractivity contribution in [2.75, 3.05) is 13.1 Å². The van der Waals surface area contributed by atoms with Crippen LogP contribution in [0.2, 0.25) is 0 Å². The Morgan fingerprint density at radius 2 is 0.781 bits per heavy atom. The lowest BCUT2D eigenvalue weighted by Gasteiger charge is -2.23. The maximum atomic E-state index is 12.2. The smallest absolute Gasteiger partial charge is 0.427 e. The van der Waals surface area contributed by atoms with Crippen LogP contribution in [-0.4, -0.2) is 62.2 Å². The zero-order chi connectivity index (χ0) is 25.4. The van der Waals surface area contributed by atoms with Crippen LogP contribution >= 0.6 is 0 Å². The maximum Gasteiger partial charge on any atom is 0.434 e. The van der Waals surface area contributed by atoms with E-state index in [2.05, 4.69) is 9.47 Å². The predicted octanol–water partition coefficient (Wildman–Crippen LogP) is 4.99. The average Bonchev–Trinajstić information content (AvgIpc) is 2.55. The molecule has 0 spiro atoms. The lowest BCUT2D eigenvalue weighted by molar-refractivity contribution is -0.307. The van der Waals surface area contributed by atoms with Gasteiger partial charge in [-0.2, -0.15) is 52.7 Å². The van der Waals surface area contributed by atoms with Gasteiger partial charge in [0.2, 0.25) is 0 Å². The zero-order valence-corrected chi connectivity index (χ0v) is 15.6. The Morgan fingerprint density at radius 3 is 1.00 bits per heavy atom.